The molecular weight excluding hydrogens is 326 g/mol. The molecular formula is C18H12ClN3O2. The van der Waals surface area contributed by atoms with Crippen LogP contribution in [0.5, 0.6) is 0 Å². The van der Waals surface area contributed by atoms with Gasteiger partial charge in [0.15, 0.2) is 0 Å². The van der Waals surface area contributed by atoms with E-state index in [9.17, 15) is 10.1 Å². The molecule has 0 amide bonds. The van der Waals surface area contributed by atoms with Crippen LogP contribution >= 0.6 is 11.6 Å². The van der Waals surface area contributed by atoms with Gasteiger partial charge in [-0.2, -0.15) is 0 Å². The summed E-state index contributed by atoms with van der Waals surface area (Å²) in [5.41, 5.74) is 2.99. The summed E-state index contributed by atoms with van der Waals surface area (Å²) in [4.78, 5) is 14.8. The monoisotopic (exact) mass is 337 g/mol. The zero-order valence-electron chi connectivity index (χ0n) is 12.5. The smallest absolute Gasteiger partial charge is 0.270 e. The molecule has 2 aromatic heterocycles. The van der Waals surface area contributed by atoms with Crippen molar-refractivity contribution in [3.8, 4) is 0 Å². The summed E-state index contributed by atoms with van der Waals surface area (Å²) in [6.07, 6.45) is 1.65. The van der Waals surface area contributed by atoms with Crippen molar-refractivity contribution in [3.05, 3.63) is 81.6 Å². The minimum atomic E-state index is -0.399. The van der Waals surface area contributed by atoms with E-state index < -0.39 is 4.92 Å². The highest BCUT2D eigenvalue weighted by Gasteiger charge is 2.17. The number of hydrogen-bond donors (Lipinski definition) is 0. The summed E-state index contributed by atoms with van der Waals surface area (Å²) in [6.45, 7) is 0.652. The third kappa shape index (κ3) is 2.30. The molecule has 0 bridgehead atoms. The summed E-state index contributed by atoms with van der Waals surface area (Å²) in [7, 11) is 0. The second kappa shape index (κ2) is 5.62. The summed E-state index contributed by atoms with van der Waals surface area (Å²) in [5.74, 6) is 0. The summed E-state index contributed by atoms with van der Waals surface area (Å²) >= 11 is 6.29. The molecule has 4 rings (SSSR count). The zero-order valence-corrected chi connectivity index (χ0v) is 13.3. The number of pyridine rings is 1. The lowest BCUT2D eigenvalue weighted by Gasteiger charge is -2.07. The molecule has 0 unspecified atom stereocenters. The summed E-state index contributed by atoms with van der Waals surface area (Å²) < 4.78 is 2.11. The van der Waals surface area contributed by atoms with Crippen LogP contribution in [0.25, 0.3) is 21.8 Å². The minimum absolute atomic E-state index is 0.0428. The Balaban J connectivity index is 2.04. The zero-order chi connectivity index (χ0) is 16.7. The lowest BCUT2D eigenvalue weighted by atomic mass is 10.2. The van der Waals surface area contributed by atoms with Gasteiger partial charge >= 0.3 is 0 Å². The highest BCUT2D eigenvalue weighted by Crippen LogP contribution is 2.35. The van der Waals surface area contributed by atoms with Gasteiger partial charge in [0, 0.05) is 35.6 Å². The van der Waals surface area contributed by atoms with E-state index >= 15 is 0 Å². The Morgan fingerprint density at radius 1 is 1.08 bits per heavy atom. The molecule has 0 fully saturated rings. The van der Waals surface area contributed by atoms with Crippen molar-refractivity contribution >= 4 is 39.1 Å². The first kappa shape index (κ1) is 14.7. The average Bonchev–Trinajstić information content (AvgIpc) is 2.90. The van der Waals surface area contributed by atoms with Crippen LogP contribution in [-0.2, 0) is 6.54 Å². The number of halogens is 1. The number of hydrogen-bond acceptors (Lipinski definition) is 3. The van der Waals surface area contributed by atoms with Gasteiger partial charge < -0.3 is 4.57 Å². The molecule has 0 saturated heterocycles. The van der Waals surface area contributed by atoms with Gasteiger partial charge in [-0.25, -0.2) is 4.98 Å². The Bertz CT molecular complexity index is 1070. The average molecular weight is 338 g/mol. The number of non-ortho nitro benzene ring substituents is 1. The molecule has 0 saturated carbocycles. The topological polar surface area (TPSA) is 61.0 Å². The normalized spacial score (nSPS) is 11.2. The third-order valence-corrected chi connectivity index (χ3v) is 4.39. The van der Waals surface area contributed by atoms with Crippen LogP contribution in [0.2, 0.25) is 5.15 Å². The predicted octanol–water partition coefficient (Wildman–Crippen LogP) is 4.80. The van der Waals surface area contributed by atoms with Gasteiger partial charge in [-0.1, -0.05) is 41.9 Å². The Morgan fingerprint density at radius 2 is 1.88 bits per heavy atom. The maximum atomic E-state index is 11.1. The number of nitro benzene ring substituents is 1. The standard InChI is InChI=1S/C18H12ClN3O2/c19-18-17-14-10-13(22(23)24)6-7-15(14)21(16(17)8-9-20-18)11-12-4-2-1-3-5-12/h1-10H,11H2. The first-order valence-corrected chi connectivity index (χ1v) is 7.78. The summed E-state index contributed by atoms with van der Waals surface area (Å²) in [6, 6.07) is 16.8. The molecule has 2 aromatic carbocycles. The van der Waals surface area contributed by atoms with E-state index in [1.807, 2.05) is 36.4 Å². The van der Waals surface area contributed by atoms with E-state index in [-0.39, 0.29) is 5.69 Å². The van der Waals surface area contributed by atoms with Gasteiger partial charge in [0.1, 0.15) is 5.15 Å². The molecule has 2 heterocycles. The maximum Gasteiger partial charge on any atom is 0.270 e. The number of rotatable bonds is 3. The molecule has 24 heavy (non-hydrogen) atoms. The molecule has 0 aliphatic heterocycles. The van der Waals surface area contributed by atoms with Crippen LogP contribution in [0.15, 0.2) is 60.8 Å². The fourth-order valence-corrected chi connectivity index (χ4v) is 3.30. The highest BCUT2D eigenvalue weighted by molar-refractivity contribution is 6.36. The molecule has 6 heteroatoms. The van der Waals surface area contributed by atoms with Crippen LogP contribution in [0, 0.1) is 10.1 Å². The van der Waals surface area contributed by atoms with Crippen molar-refractivity contribution in [2.24, 2.45) is 0 Å². The van der Waals surface area contributed by atoms with E-state index in [0.29, 0.717) is 11.7 Å². The Hall–Kier alpha value is -2.92. The van der Waals surface area contributed by atoms with Crippen molar-refractivity contribution in [1.82, 2.24) is 9.55 Å². The van der Waals surface area contributed by atoms with Gasteiger partial charge in [-0.3, -0.25) is 10.1 Å². The molecule has 0 aliphatic rings. The van der Waals surface area contributed by atoms with E-state index in [4.69, 9.17) is 11.6 Å². The molecule has 5 nitrogen and oxygen atoms in total. The molecule has 4 aromatic rings. The molecule has 0 radical (unpaired) electrons. The predicted molar refractivity (Wildman–Crippen MR) is 94.4 cm³/mol. The van der Waals surface area contributed by atoms with E-state index in [2.05, 4.69) is 9.55 Å². The number of aromatic nitrogens is 2. The molecule has 0 aliphatic carbocycles. The molecule has 0 spiro atoms. The fourth-order valence-electron chi connectivity index (χ4n) is 3.04. The second-order valence-corrected chi connectivity index (χ2v) is 5.88. The maximum absolute atomic E-state index is 11.1. The Morgan fingerprint density at radius 3 is 2.62 bits per heavy atom. The third-order valence-electron chi connectivity index (χ3n) is 4.11. The second-order valence-electron chi connectivity index (χ2n) is 5.53. The van der Waals surface area contributed by atoms with Crippen LogP contribution in [0.1, 0.15) is 5.56 Å². The van der Waals surface area contributed by atoms with Crippen LogP contribution in [0.4, 0.5) is 5.69 Å². The van der Waals surface area contributed by atoms with Crippen LogP contribution < -0.4 is 0 Å². The molecule has 0 atom stereocenters. The quantitative estimate of drug-likeness (QED) is 0.306. The van der Waals surface area contributed by atoms with Crippen molar-refractivity contribution in [2.45, 2.75) is 6.54 Å². The van der Waals surface area contributed by atoms with Gasteiger partial charge in [0.25, 0.3) is 5.69 Å². The summed E-state index contributed by atoms with van der Waals surface area (Å²) in [5, 5.41) is 13.0. The van der Waals surface area contributed by atoms with Gasteiger partial charge in [0.2, 0.25) is 0 Å². The van der Waals surface area contributed by atoms with Crippen molar-refractivity contribution < 1.29 is 4.92 Å². The highest BCUT2D eigenvalue weighted by atomic mass is 35.5. The number of fused-ring (bicyclic) bond motifs is 3. The lowest BCUT2D eigenvalue weighted by Crippen LogP contribution is -1.99. The first-order valence-electron chi connectivity index (χ1n) is 7.40. The van der Waals surface area contributed by atoms with Crippen molar-refractivity contribution in [2.75, 3.05) is 0 Å². The van der Waals surface area contributed by atoms with Crippen LogP contribution in [0.3, 0.4) is 0 Å². The van der Waals surface area contributed by atoms with Gasteiger partial charge in [-0.05, 0) is 17.7 Å². The fraction of sp³-hybridized carbons (Fsp3) is 0.0556. The largest absolute Gasteiger partial charge is 0.336 e. The number of nitro groups is 1. The first-order chi connectivity index (χ1) is 11.6. The van der Waals surface area contributed by atoms with Gasteiger partial charge in [0.05, 0.1) is 16.0 Å². The van der Waals surface area contributed by atoms with Crippen LogP contribution in [-0.4, -0.2) is 14.5 Å². The van der Waals surface area contributed by atoms with Crippen molar-refractivity contribution in [1.29, 1.82) is 0 Å². The van der Waals surface area contributed by atoms with E-state index in [1.165, 1.54) is 6.07 Å². The van der Waals surface area contributed by atoms with E-state index in [1.54, 1.807) is 18.3 Å². The molecule has 118 valence electrons. The van der Waals surface area contributed by atoms with E-state index in [0.717, 1.165) is 27.4 Å². The molecule has 0 N–H and O–H groups in total. The van der Waals surface area contributed by atoms with Crippen molar-refractivity contribution in [3.63, 3.8) is 0 Å². The van der Waals surface area contributed by atoms with Gasteiger partial charge in [-0.15, -0.1) is 0 Å². The minimum Gasteiger partial charge on any atom is -0.336 e. The SMILES string of the molecule is O=[N+]([O-])c1ccc2c(c1)c1c(Cl)nccc1n2Cc1ccccc1. The number of nitrogens with zero attached hydrogens (tertiary/aromatic N) is 3. The Labute approximate surface area is 142 Å². The number of benzene rings is 2. The Kier molecular flexibility index (Phi) is 3.43. The lowest BCUT2D eigenvalue weighted by molar-refractivity contribution is -0.384.